The topological polar surface area (TPSA) is 69.0 Å². The summed E-state index contributed by atoms with van der Waals surface area (Å²) in [6.07, 6.45) is 2.22. The van der Waals surface area contributed by atoms with E-state index in [-0.39, 0.29) is 11.8 Å². The van der Waals surface area contributed by atoms with Crippen LogP contribution in [-0.2, 0) is 17.2 Å². The van der Waals surface area contributed by atoms with Gasteiger partial charge >= 0.3 is 0 Å². The number of fused-ring (bicyclic) bond motifs is 1. The highest BCUT2D eigenvalue weighted by atomic mass is 35.5. The Morgan fingerprint density at radius 2 is 1.78 bits per heavy atom. The molecular weight excluding hydrogens is 504 g/mol. The first-order valence-corrected chi connectivity index (χ1v) is 13.6. The van der Waals surface area contributed by atoms with Crippen LogP contribution in [0.3, 0.4) is 0 Å². The highest BCUT2D eigenvalue weighted by Crippen LogP contribution is 2.41. The van der Waals surface area contributed by atoms with Crippen LogP contribution in [-0.4, -0.2) is 20.5 Å². The van der Waals surface area contributed by atoms with Gasteiger partial charge in [0.05, 0.1) is 0 Å². The Labute approximate surface area is 224 Å². The standard InChI is InChI=1S/C29H25ClN4O2S/c30-23-10-5-4-9-21(23)17-36-22-15-13-20(14-16-22)27-26-24(11-6-12-25(26)35)31-28-32-29(33-34(27)28)37-18-19-7-2-1-3-8-19/h1-5,7-10,13-16,27H,6,11-12,17-18H2,(H,31,32,33). The van der Waals surface area contributed by atoms with Crippen molar-refractivity contribution < 1.29 is 9.53 Å². The maximum absolute atomic E-state index is 13.1. The summed E-state index contributed by atoms with van der Waals surface area (Å²) in [7, 11) is 0. The number of carbonyl (C=O) groups excluding carboxylic acids is 1. The monoisotopic (exact) mass is 528 g/mol. The Balaban J connectivity index is 1.27. The van der Waals surface area contributed by atoms with Gasteiger partial charge in [0.2, 0.25) is 11.1 Å². The number of halogens is 1. The number of carbonyl (C=O) groups is 1. The van der Waals surface area contributed by atoms with Gasteiger partial charge in [-0.3, -0.25) is 4.79 Å². The SMILES string of the molecule is O=C1CCCC2=C1C(c1ccc(OCc3ccccc3Cl)cc1)n1nc(SCc3ccccc3)nc1N2. The van der Waals surface area contributed by atoms with Gasteiger partial charge in [0.15, 0.2) is 5.78 Å². The molecule has 0 bridgehead atoms. The summed E-state index contributed by atoms with van der Waals surface area (Å²) < 4.78 is 7.83. The Morgan fingerprint density at radius 1 is 1.00 bits per heavy atom. The van der Waals surface area contributed by atoms with E-state index in [0.717, 1.165) is 46.7 Å². The molecular formula is C29H25ClN4O2S. The summed E-state index contributed by atoms with van der Waals surface area (Å²) >= 11 is 7.85. The predicted molar refractivity (Wildman–Crippen MR) is 146 cm³/mol. The lowest BCUT2D eigenvalue weighted by molar-refractivity contribution is -0.116. The first kappa shape index (κ1) is 23.8. The summed E-state index contributed by atoms with van der Waals surface area (Å²) in [5.41, 5.74) is 4.86. The number of nitrogens with one attached hydrogen (secondary N) is 1. The van der Waals surface area contributed by atoms with E-state index in [9.17, 15) is 4.79 Å². The van der Waals surface area contributed by atoms with Crippen molar-refractivity contribution in [3.63, 3.8) is 0 Å². The van der Waals surface area contributed by atoms with Crippen molar-refractivity contribution in [1.29, 1.82) is 0 Å². The molecule has 186 valence electrons. The second-order valence-electron chi connectivity index (χ2n) is 9.08. The van der Waals surface area contributed by atoms with Crippen LogP contribution in [0.5, 0.6) is 5.75 Å². The van der Waals surface area contributed by atoms with E-state index in [1.807, 2.05) is 71.4 Å². The maximum Gasteiger partial charge on any atom is 0.227 e. The van der Waals surface area contributed by atoms with Gasteiger partial charge in [-0.2, -0.15) is 4.98 Å². The highest BCUT2D eigenvalue weighted by Gasteiger charge is 2.36. The second kappa shape index (κ2) is 10.4. The molecule has 6 nitrogen and oxygen atoms in total. The fourth-order valence-electron chi connectivity index (χ4n) is 4.75. The summed E-state index contributed by atoms with van der Waals surface area (Å²) in [6.45, 7) is 0.384. The number of thioether (sulfide) groups is 1. The van der Waals surface area contributed by atoms with Crippen LogP contribution in [0.4, 0.5) is 5.95 Å². The fourth-order valence-corrected chi connectivity index (χ4v) is 5.73. The van der Waals surface area contributed by atoms with Gasteiger partial charge < -0.3 is 10.1 Å². The molecule has 1 aliphatic heterocycles. The van der Waals surface area contributed by atoms with Crippen LogP contribution in [0, 0.1) is 0 Å². The van der Waals surface area contributed by atoms with E-state index in [2.05, 4.69) is 17.4 Å². The Kier molecular flexibility index (Phi) is 6.72. The van der Waals surface area contributed by atoms with E-state index < -0.39 is 0 Å². The zero-order chi connectivity index (χ0) is 25.2. The van der Waals surface area contributed by atoms with Gasteiger partial charge in [-0.1, -0.05) is 84.0 Å². The average molecular weight is 529 g/mol. The molecule has 2 heterocycles. The normalized spacial score (nSPS) is 16.7. The first-order chi connectivity index (χ1) is 18.2. The zero-order valence-electron chi connectivity index (χ0n) is 20.1. The third-order valence-corrected chi connectivity index (χ3v) is 7.88. The number of aromatic nitrogens is 3. The minimum absolute atomic E-state index is 0.164. The summed E-state index contributed by atoms with van der Waals surface area (Å²) in [5.74, 6) is 2.35. The summed E-state index contributed by atoms with van der Waals surface area (Å²) in [6, 6.07) is 25.5. The molecule has 1 atom stereocenters. The van der Waals surface area contributed by atoms with Crippen LogP contribution in [0.1, 0.15) is 42.0 Å². The molecule has 1 N–H and O–H groups in total. The molecule has 4 aromatic rings. The lowest BCUT2D eigenvalue weighted by atomic mass is 9.85. The number of hydrogen-bond donors (Lipinski definition) is 1. The third-order valence-electron chi connectivity index (χ3n) is 6.61. The number of anilines is 1. The van der Waals surface area contributed by atoms with Crippen molar-refractivity contribution in [2.45, 2.75) is 42.8 Å². The Bertz CT molecular complexity index is 1470. The number of ether oxygens (including phenoxy) is 1. The quantitative estimate of drug-likeness (QED) is 0.265. The van der Waals surface area contributed by atoms with Gasteiger partial charge in [-0.15, -0.1) is 5.10 Å². The maximum atomic E-state index is 13.1. The van der Waals surface area contributed by atoms with Crippen molar-refractivity contribution in [3.8, 4) is 5.75 Å². The number of rotatable bonds is 7. The van der Waals surface area contributed by atoms with Crippen molar-refractivity contribution in [2.24, 2.45) is 0 Å². The van der Waals surface area contributed by atoms with Crippen molar-refractivity contribution in [3.05, 3.63) is 112 Å². The van der Waals surface area contributed by atoms with E-state index in [4.69, 9.17) is 26.4 Å². The average Bonchev–Trinajstić information content (AvgIpc) is 3.34. The molecule has 0 fully saturated rings. The van der Waals surface area contributed by atoms with E-state index in [0.29, 0.717) is 29.2 Å². The molecule has 1 aliphatic carbocycles. The molecule has 0 saturated carbocycles. The largest absolute Gasteiger partial charge is 0.489 e. The van der Waals surface area contributed by atoms with Crippen LogP contribution in [0.2, 0.25) is 5.02 Å². The van der Waals surface area contributed by atoms with Gasteiger partial charge in [0.1, 0.15) is 18.4 Å². The molecule has 37 heavy (non-hydrogen) atoms. The van der Waals surface area contributed by atoms with Crippen molar-refractivity contribution >= 4 is 35.1 Å². The molecule has 0 saturated heterocycles. The number of allylic oxidation sites excluding steroid dienone is 2. The molecule has 0 amide bonds. The van der Waals surface area contributed by atoms with E-state index in [1.165, 1.54) is 5.56 Å². The van der Waals surface area contributed by atoms with Gasteiger partial charge in [-0.05, 0) is 42.2 Å². The molecule has 0 radical (unpaired) electrons. The van der Waals surface area contributed by atoms with Gasteiger partial charge in [-0.25, -0.2) is 4.68 Å². The number of nitrogens with zero attached hydrogens (tertiary/aromatic N) is 3. The van der Waals surface area contributed by atoms with E-state index >= 15 is 0 Å². The number of Topliss-reactive ketones (excluding diaryl/α,β-unsaturated/α-hetero) is 1. The minimum atomic E-state index is -0.324. The molecule has 1 unspecified atom stereocenters. The Morgan fingerprint density at radius 3 is 2.59 bits per heavy atom. The number of ketones is 1. The lowest BCUT2D eigenvalue weighted by Crippen LogP contribution is -2.31. The van der Waals surface area contributed by atoms with Crippen LogP contribution >= 0.6 is 23.4 Å². The Hall–Kier alpha value is -3.55. The van der Waals surface area contributed by atoms with E-state index in [1.54, 1.807) is 11.8 Å². The van der Waals surface area contributed by atoms with Gasteiger partial charge in [0.25, 0.3) is 0 Å². The van der Waals surface area contributed by atoms with Gasteiger partial charge in [0, 0.05) is 34.0 Å². The van der Waals surface area contributed by atoms with Crippen molar-refractivity contribution in [1.82, 2.24) is 14.8 Å². The summed E-state index contributed by atoms with van der Waals surface area (Å²) in [4.78, 5) is 17.9. The van der Waals surface area contributed by atoms with Crippen LogP contribution in [0.15, 0.2) is 95.3 Å². The minimum Gasteiger partial charge on any atom is -0.489 e. The molecule has 8 heteroatoms. The predicted octanol–water partition coefficient (Wildman–Crippen LogP) is 6.82. The molecule has 2 aliphatic rings. The van der Waals surface area contributed by atoms with Crippen LogP contribution in [0.25, 0.3) is 0 Å². The number of hydrogen-bond acceptors (Lipinski definition) is 6. The van der Waals surface area contributed by atoms with Crippen molar-refractivity contribution in [2.75, 3.05) is 5.32 Å². The highest BCUT2D eigenvalue weighted by molar-refractivity contribution is 7.98. The van der Waals surface area contributed by atoms with Crippen LogP contribution < -0.4 is 10.1 Å². The zero-order valence-corrected chi connectivity index (χ0v) is 21.6. The fraction of sp³-hybridized carbons (Fsp3) is 0.207. The molecule has 6 rings (SSSR count). The lowest BCUT2D eigenvalue weighted by Gasteiger charge is -2.32. The first-order valence-electron chi connectivity index (χ1n) is 12.3. The molecule has 3 aromatic carbocycles. The smallest absolute Gasteiger partial charge is 0.227 e. The number of benzene rings is 3. The summed E-state index contributed by atoms with van der Waals surface area (Å²) in [5, 5.41) is 9.60. The third kappa shape index (κ3) is 5.02. The molecule has 0 spiro atoms. The second-order valence-corrected chi connectivity index (χ2v) is 10.4. The molecule has 1 aromatic heterocycles.